The first-order chi connectivity index (χ1) is 16.3. The number of benzene rings is 1. The number of pyridine rings is 1. The van der Waals surface area contributed by atoms with Crippen molar-refractivity contribution < 1.29 is 32.2 Å². The highest BCUT2D eigenvalue weighted by atomic mass is 32.2. The highest BCUT2D eigenvalue weighted by molar-refractivity contribution is 7.92. The van der Waals surface area contributed by atoms with E-state index in [0.29, 0.717) is 18.7 Å². The van der Waals surface area contributed by atoms with Crippen molar-refractivity contribution in [3.05, 3.63) is 47.2 Å². The van der Waals surface area contributed by atoms with Crippen molar-refractivity contribution in [2.24, 2.45) is 0 Å². The van der Waals surface area contributed by atoms with Crippen LogP contribution in [0.3, 0.4) is 0 Å². The summed E-state index contributed by atoms with van der Waals surface area (Å²) in [5.41, 5.74) is 3.06. The molecule has 1 saturated heterocycles. The number of anilines is 1. The van der Waals surface area contributed by atoms with Crippen molar-refractivity contribution in [1.29, 1.82) is 0 Å². The molecule has 1 aromatic carbocycles. The smallest absolute Gasteiger partial charge is 0.290 e. The van der Waals surface area contributed by atoms with Gasteiger partial charge in [-0.15, -0.1) is 0 Å². The number of halogens is 1. The zero-order valence-electron chi connectivity index (χ0n) is 19.2. The topological polar surface area (TPSA) is 118 Å². The van der Waals surface area contributed by atoms with E-state index < -0.39 is 16.2 Å². The normalized spacial score (nSPS) is 20.8. The van der Waals surface area contributed by atoms with Crippen LogP contribution >= 0.6 is 0 Å². The second-order valence-electron chi connectivity index (χ2n) is 8.22. The highest BCUT2D eigenvalue weighted by Crippen LogP contribution is 2.32. The molecule has 2 unspecified atom stereocenters. The number of likely N-dealkylation sites (N-methyl/N-ethyl adjacent to an activating group) is 1. The van der Waals surface area contributed by atoms with Crippen LogP contribution in [0.1, 0.15) is 35.8 Å². The third-order valence-corrected chi connectivity index (χ3v) is 7.25. The quantitative estimate of drug-likeness (QED) is 0.608. The summed E-state index contributed by atoms with van der Waals surface area (Å²) in [4.78, 5) is 15.3. The molecule has 0 radical (unpaired) electrons. The van der Waals surface area contributed by atoms with Crippen LogP contribution in [-0.2, 0) is 32.4 Å². The Bertz CT molecular complexity index is 1080. The Morgan fingerprint density at radius 1 is 1.26 bits per heavy atom. The van der Waals surface area contributed by atoms with E-state index in [1.165, 1.54) is 19.2 Å². The molecule has 11 heteroatoms. The summed E-state index contributed by atoms with van der Waals surface area (Å²) in [7, 11) is -0.309. The van der Waals surface area contributed by atoms with Crippen molar-refractivity contribution >= 4 is 22.2 Å². The monoisotopic (exact) mass is 495 g/mol. The van der Waals surface area contributed by atoms with E-state index in [-0.39, 0.29) is 29.8 Å². The minimum atomic E-state index is -3.85. The summed E-state index contributed by atoms with van der Waals surface area (Å²) in [5, 5.41) is 6.89. The van der Waals surface area contributed by atoms with Crippen LogP contribution in [0.4, 0.5) is 10.1 Å². The van der Waals surface area contributed by atoms with E-state index in [9.17, 15) is 12.8 Å². The summed E-state index contributed by atoms with van der Waals surface area (Å²) >= 11 is 0. The lowest BCUT2D eigenvalue weighted by atomic mass is 10.0. The maximum Gasteiger partial charge on any atom is 0.290 e. The molecule has 2 aliphatic heterocycles. The van der Waals surface area contributed by atoms with E-state index in [1.807, 2.05) is 6.07 Å². The molecule has 1 aromatic heterocycles. The molecular formula is C23H30FN3O6S. The Morgan fingerprint density at radius 3 is 2.59 bits per heavy atom. The summed E-state index contributed by atoms with van der Waals surface area (Å²) in [5.74, 6) is 0.257. The lowest BCUT2D eigenvalue weighted by Crippen LogP contribution is -2.20. The van der Waals surface area contributed by atoms with E-state index in [1.54, 1.807) is 12.1 Å². The molecule has 1 fully saturated rings. The van der Waals surface area contributed by atoms with E-state index in [4.69, 9.17) is 19.4 Å². The summed E-state index contributed by atoms with van der Waals surface area (Å²) in [6.07, 6.45) is 1.04. The Hall–Kier alpha value is -2.76. The third-order valence-electron chi connectivity index (χ3n) is 5.87. The van der Waals surface area contributed by atoms with E-state index in [0.717, 1.165) is 42.8 Å². The second kappa shape index (κ2) is 11.6. The molecule has 3 heterocycles. The van der Waals surface area contributed by atoms with Crippen LogP contribution in [-0.4, -0.2) is 69.9 Å². The summed E-state index contributed by atoms with van der Waals surface area (Å²) in [6, 6.07) is 8.21. The largest absolute Gasteiger partial charge is 0.483 e. The molecule has 0 spiro atoms. The fraction of sp³-hybridized carbons (Fsp3) is 0.478. The van der Waals surface area contributed by atoms with Gasteiger partial charge in [0.15, 0.2) is 0 Å². The molecular weight excluding hydrogens is 465 g/mol. The van der Waals surface area contributed by atoms with Crippen LogP contribution in [0.25, 0.3) is 0 Å². The van der Waals surface area contributed by atoms with Crippen LogP contribution < -0.4 is 9.46 Å². The summed E-state index contributed by atoms with van der Waals surface area (Å²) in [6.45, 7) is 1.90. The number of sulfonamides is 1. The molecule has 0 amide bonds. The van der Waals surface area contributed by atoms with Gasteiger partial charge < -0.3 is 19.5 Å². The lowest BCUT2D eigenvalue weighted by molar-refractivity contribution is -0.122. The van der Waals surface area contributed by atoms with Gasteiger partial charge in [0.05, 0.1) is 24.7 Å². The van der Waals surface area contributed by atoms with Crippen LogP contribution in [0.15, 0.2) is 35.2 Å². The molecule has 34 heavy (non-hydrogen) atoms. The molecule has 2 atom stereocenters. The van der Waals surface area contributed by atoms with Gasteiger partial charge in [0.25, 0.3) is 16.5 Å². The SMILES string of the molecule is COc1nc2c(cc1NS(=O)(=O)c1ccc(C3CC(F)CCO3)cc1)CCN(C)CC2.O=CO. The third kappa shape index (κ3) is 6.43. The highest BCUT2D eigenvalue weighted by Gasteiger charge is 2.25. The predicted molar refractivity (Wildman–Crippen MR) is 124 cm³/mol. The van der Waals surface area contributed by atoms with E-state index in [2.05, 4.69) is 21.7 Å². The molecule has 186 valence electrons. The van der Waals surface area contributed by atoms with Gasteiger partial charge in [-0.3, -0.25) is 9.52 Å². The van der Waals surface area contributed by atoms with Crippen molar-refractivity contribution in [2.45, 2.75) is 42.9 Å². The average molecular weight is 496 g/mol. The molecule has 0 bridgehead atoms. The molecule has 2 N–H and O–H groups in total. The number of carbonyl (C=O) groups is 1. The first-order valence-corrected chi connectivity index (χ1v) is 12.5. The minimum Gasteiger partial charge on any atom is -0.483 e. The Balaban J connectivity index is 0.00000103. The number of nitrogens with zero attached hydrogens (tertiary/aromatic N) is 2. The number of methoxy groups -OCH3 is 1. The minimum absolute atomic E-state index is 0.112. The maximum atomic E-state index is 13.7. The Morgan fingerprint density at radius 2 is 1.94 bits per heavy atom. The number of hydrogen-bond donors (Lipinski definition) is 2. The van der Waals surface area contributed by atoms with Crippen LogP contribution in [0.5, 0.6) is 5.88 Å². The van der Waals surface area contributed by atoms with E-state index >= 15 is 0 Å². The molecule has 2 aliphatic rings. The molecule has 2 aromatic rings. The van der Waals surface area contributed by atoms with Crippen LogP contribution in [0.2, 0.25) is 0 Å². The lowest BCUT2D eigenvalue weighted by Gasteiger charge is -2.25. The fourth-order valence-corrected chi connectivity index (χ4v) is 5.06. The number of aromatic nitrogens is 1. The van der Waals surface area contributed by atoms with Crippen molar-refractivity contribution in [3.8, 4) is 5.88 Å². The predicted octanol–water partition coefficient (Wildman–Crippen LogP) is 2.81. The summed E-state index contributed by atoms with van der Waals surface area (Å²) < 4.78 is 53.3. The molecule has 4 rings (SSSR count). The van der Waals surface area contributed by atoms with Crippen LogP contribution in [0, 0.1) is 0 Å². The first kappa shape index (κ1) is 25.9. The molecule has 9 nitrogen and oxygen atoms in total. The van der Waals surface area contributed by atoms with Gasteiger partial charge in [0.2, 0.25) is 5.88 Å². The standard InChI is InChI=1S/C22H28FN3O4S.CH2O2/c1-26-10-7-16-13-20(22(29-2)24-19(16)8-11-26)25-31(27,28)18-5-3-15(4-6-18)21-14-17(23)9-12-30-21;2-1-3/h3-6,13,17,21,25H,7-12,14H2,1-2H3;1H,(H,2,3). The number of carboxylic acid groups (broad SMARTS) is 1. The number of hydrogen-bond acceptors (Lipinski definition) is 7. The van der Waals surface area contributed by atoms with Crippen molar-refractivity contribution in [2.75, 3.05) is 38.6 Å². The number of rotatable bonds is 5. The number of ether oxygens (including phenoxy) is 2. The number of fused-ring (bicyclic) bond motifs is 1. The zero-order chi connectivity index (χ0) is 24.7. The Kier molecular flexibility index (Phi) is 8.81. The fourth-order valence-electron chi connectivity index (χ4n) is 4.01. The number of alkyl halides is 1. The van der Waals surface area contributed by atoms with Crippen molar-refractivity contribution in [1.82, 2.24) is 9.88 Å². The second-order valence-corrected chi connectivity index (χ2v) is 9.90. The number of nitrogens with one attached hydrogen (secondary N) is 1. The first-order valence-electron chi connectivity index (χ1n) is 11.0. The van der Waals surface area contributed by atoms with Gasteiger partial charge >= 0.3 is 0 Å². The van der Waals surface area contributed by atoms with Gasteiger partial charge in [-0.2, -0.15) is 0 Å². The maximum absolute atomic E-state index is 13.7. The van der Waals surface area contributed by atoms with Gasteiger partial charge in [-0.05, 0) is 42.8 Å². The molecule has 0 aliphatic carbocycles. The average Bonchev–Trinajstić information content (AvgIpc) is 3.00. The zero-order valence-corrected chi connectivity index (χ0v) is 20.1. The van der Waals surface area contributed by atoms with Gasteiger partial charge in [0.1, 0.15) is 11.9 Å². The van der Waals surface area contributed by atoms with Crippen molar-refractivity contribution in [3.63, 3.8) is 0 Å². The van der Waals surface area contributed by atoms with Gasteiger partial charge in [-0.25, -0.2) is 17.8 Å². The Labute approximate surface area is 199 Å². The van der Waals surface area contributed by atoms with Gasteiger partial charge in [-0.1, -0.05) is 12.1 Å². The molecule has 0 saturated carbocycles. The van der Waals surface area contributed by atoms with Gasteiger partial charge in [0, 0.05) is 38.0 Å².